The van der Waals surface area contributed by atoms with E-state index in [1.54, 1.807) is 11.6 Å². The molecule has 6 heteroatoms. The molecule has 1 aromatic heterocycles. The Labute approximate surface area is 99.4 Å². The first-order valence-corrected chi connectivity index (χ1v) is 5.94. The molecule has 17 heavy (non-hydrogen) atoms. The largest absolute Gasteiger partial charge is 0.383 e. The van der Waals surface area contributed by atoms with Gasteiger partial charge < -0.3 is 16.0 Å². The Morgan fingerprint density at radius 1 is 1.41 bits per heavy atom. The second-order valence-corrected chi connectivity index (χ2v) is 4.96. The van der Waals surface area contributed by atoms with Crippen molar-refractivity contribution in [1.82, 2.24) is 14.9 Å². The Morgan fingerprint density at radius 3 is 2.71 bits per heavy atom. The van der Waals surface area contributed by atoms with Crippen LogP contribution in [-0.4, -0.2) is 35.7 Å². The summed E-state index contributed by atoms with van der Waals surface area (Å²) in [6.45, 7) is 4.05. The van der Waals surface area contributed by atoms with Crippen molar-refractivity contribution < 1.29 is 0 Å². The number of hydrogen-bond acceptors (Lipinski definition) is 5. The molecule has 0 amide bonds. The van der Waals surface area contributed by atoms with E-state index in [0.29, 0.717) is 23.6 Å². The first-order valence-electron chi connectivity index (χ1n) is 5.94. The molecule has 0 saturated carbocycles. The number of anilines is 2. The van der Waals surface area contributed by atoms with E-state index in [1.165, 1.54) is 6.07 Å². The average molecular weight is 235 g/mol. The number of rotatable bonds is 1. The molecule has 0 radical (unpaired) electrons. The summed E-state index contributed by atoms with van der Waals surface area (Å²) < 4.78 is 1.57. The molecular formula is C11H17N5O. The highest BCUT2D eigenvalue weighted by Crippen LogP contribution is 2.28. The van der Waals surface area contributed by atoms with Gasteiger partial charge in [0.25, 0.3) is 5.56 Å². The third-order valence-corrected chi connectivity index (χ3v) is 3.80. The summed E-state index contributed by atoms with van der Waals surface area (Å²) in [7, 11) is 1.75. The van der Waals surface area contributed by atoms with E-state index in [4.69, 9.17) is 5.73 Å². The molecule has 3 rings (SSSR count). The lowest BCUT2D eigenvalue weighted by Crippen LogP contribution is -2.32. The van der Waals surface area contributed by atoms with Gasteiger partial charge in [0.05, 0.1) is 0 Å². The topological polar surface area (TPSA) is 76.2 Å². The van der Waals surface area contributed by atoms with Gasteiger partial charge in [0.15, 0.2) is 0 Å². The molecule has 1 aromatic rings. The third-order valence-electron chi connectivity index (χ3n) is 3.80. The van der Waals surface area contributed by atoms with Crippen molar-refractivity contribution in [1.29, 1.82) is 0 Å². The van der Waals surface area contributed by atoms with Crippen LogP contribution < -0.4 is 21.5 Å². The van der Waals surface area contributed by atoms with Crippen molar-refractivity contribution in [2.45, 2.75) is 0 Å². The number of nitrogens with zero attached hydrogens (tertiary/aromatic N) is 3. The van der Waals surface area contributed by atoms with E-state index in [1.807, 2.05) is 0 Å². The first kappa shape index (κ1) is 10.6. The van der Waals surface area contributed by atoms with Crippen LogP contribution in [0.15, 0.2) is 10.9 Å². The summed E-state index contributed by atoms with van der Waals surface area (Å²) in [6, 6.07) is 1.36. The summed E-state index contributed by atoms with van der Waals surface area (Å²) >= 11 is 0. The number of fused-ring (bicyclic) bond motifs is 1. The Hall–Kier alpha value is -1.56. The van der Waals surface area contributed by atoms with E-state index < -0.39 is 0 Å². The fourth-order valence-corrected chi connectivity index (χ4v) is 2.85. The zero-order valence-electron chi connectivity index (χ0n) is 9.89. The Bertz CT molecular complexity index is 485. The Morgan fingerprint density at radius 2 is 2.06 bits per heavy atom. The second kappa shape index (κ2) is 3.73. The number of nitrogens with one attached hydrogen (secondary N) is 1. The highest BCUT2D eigenvalue weighted by Gasteiger charge is 2.37. The minimum atomic E-state index is -0.0947. The Balaban J connectivity index is 1.93. The minimum absolute atomic E-state index is 0.0947. The molecule has 2 aliphatic heterocycles. The standard InChI is InChI=1S/C11H17N5O/c1-15-10(17)2-9(12)14-11(15)16-5-7-3-13-4-8(7)6-16/h2,7-8,13H,3-6,12H2,1H3. The van der Waals surface area contributed by atoms with Crippen LogP contribution >= 0.6 is 0 Å². The molecule has 92 valence electrons. The van der Waals surface area contributed by atoms with Gasteiger partial charge in [0.2, 0.25) is 5.95 Å². The predicted octanol–water partition coefficient (Wildman–Crippen LogP) is -0.982. The van der Waals surface area contributed by atoms with Gasteiger partial charge in [-0.2, -0.15) is 4.98 Å². The maximum Gasteiger partial charge on any atom is 0.256 e. The van der Waals surface area contributed by atoms with E-state index in [-0.39, 0.29) is 5.56 Å². The number of aromatic nitrogens is 2. The average Bonchev–Trinajstić information content (AvgIpc) is 2.83. The number of nitrogens with two attached hydrogens (primary N) is 1. The van der Waals surface area contributed by atoms with Gasteiger partial charge in [-0.3, -0.25) is 9.36 Å². The Kier molecular flexibility index (Phi) is 2.32. The minimum Gasteiger partial charge on any atom is -0.383 e. The third kappa shape index (κ3) is 1.68. The zero-order valence-corrected chi connectivity index (χ0v) is 9.89. The normalized spacial score (nSPS) is 27.5. The van der Waals surface area contributed by atoms with Gasteiger partial charge in [-0.05, 0) is 11.8 Å². The molecule has 3 heterocycles. The molecule has 3 N–H and O–H groups in total. The molecule has 2 atom stereocenters. The van der Waals surface area contributed by atoms with Gasteiger partial charge >= 0.3 is 0 Å². The zero-order chi connectivity index (χ0) is 12.0. The van der Waals surface area contributed by atoms with Crippen LogP contribution in [0.2, 0.25) is 0 Å². The molecule has 2 unspecified atom stereocenters. The van der Waals surface area contributed by atoms with Crippen LogP contribution in [-0.2, 0) is 7.05 Å². The molecule has 0 aromatic carbocycles. The second-order valence-electron chi connectivity index (χ2n) is 4.96. The van der Waals surface area contributed by atoms with Crippen LogP contribution in [0.3, 0.4) is 0 Å². The van der Waals surface area contributed by atoms with Crippen molar-refractivity contribution in [2.75, 3.05) is 36.8 Å². The van der Waals surface area contributed by atoms with Crippen LogP contribution in [0, 0.1) is 11.8 Å². The molecular weight excluding hydrogens is 218 g/mol. The molecule has 0 spiro atoms. The lowest BCUT2D eigenvalue weighted by molar-refractivity contribution is 0.533. The fourth-order valence-electron chi connectivity index (χ4n) is 2.85. The summed E-state index contributed by atoms with van der Waals surface area (Å²) in [5.41, 5.74) is 5.55. The lowest BCUT2D eigenvalue weighted by Gasteiger charge is -2.20. The van der Waals surface area contributed by atoms with Crippen LogP contribution in [0.5, 0.6) is 0 Å². The summed E-state index contributed by atoms with van der Waals surface area (Å²) in [6.07, 6.45) is 0. The van der Waals surface area contributed by atoms with Gasteiger partial charge in [-0.15, -0.1) is 0 Å². The number of hydrogen-bond donors (Lipinski definition) is 2. The van der Waals surface area contributed by atoms with Crippen molar-refractivity contribution in [3.8, 4) is 0 Å². The van der Waals surface area contributed by atoms with Crippen LogP contribution in [0.4, 0.5) is 11.8 Å². The van der Waals surface area contributed by atoms with Gasteiger partial charge in [-0.1, -0.05) is 0 Å². The predicted molar refractivity (Wildman–Crippen MR) is 66.0 cm³/mol. The quantitative estimate of drug-likeness (QED) is 0.654. The van der Waals surface area contributed by atoms with Gasteiger partial charge in [-0.25, -0.2) is 0 Å². The van der Waals surface area contributed by atoms with Crippen molar-refractivity contribution in [2.24, 2.45) is 18.9 Å². The summed E-state index contributed by atoms with van der Waals surface area (Å²) in [5, 5.41) is 3.39. The maximum atomic E-state index is 11.7. The molecule has 2 aliphatic rings. The maximum absolute atomic E-state index is 11.7. The van der Waals surface area contributed by atoms with Crippen LogP contribution in [0.1, 0.15) is 0 Å². The first-order chi connectivity index (χ1) is 8.15. The van der Waals surface area contributed by atoms with Gasteiger partial charge in [0, 0.05) is 39.3 Å². The molecule has 6 nitrogen and oxygen atoms in total. The SMILES string of the molecule is Cn1c(N2CC3CNCC3C2)nc(N)cc1=O. The van der Waals surface area contributed by atoms with E-state index in [9.17, 15) is 4.79 Å². The lowest BCUT2D eigenvalue weighted by atomic mass is 10.0. The highest BCUT2D eigenvalue weighted by atomic mass is 16.1. The highest BCUT2D eigenvalue weighted by molar-refractivity contribution is 5.40. The van der Waals surface area contributed by atoms with Gasteiger partial charge in [0.1, 0.15) is 5.82 Å². The fraction of sp³-hybridized carbons (Fsp3) is 0.636. The molecule has 0 aliphatic carbocycles. The number of nitrogen functional groups attached to an aromatic ring is 1. The summed E-state index contributed by atoms with van der Waals surface area (Å²) in [5.74, 6) is 2.35. The molecule has 2 fully saturated rings. The molecule has 0 bridgehead atoms. The van der Waals surface area contributed by atoms with Crippen LogP contribution in [0.25, 0.3) is 0 Å². The van der Waals surface area contributed by atoms with Crippen molar-refractivity contribution in [3.05, 3.63) is 16.4 Å². The smallest absolute Gasteiger partial charge is 0.256 e. The van der Waals surface area contributed by atoms with E-state index in [2.05, 4.69) is 15.2 Å². The molecule has 2 saturated heterocycles. The summed E-state index contributed by atoms with van der Waals surface area (Å²) in [4.78, 5) is 18.1. The monoisotopic (exact) mass is 235 g/mol. The van der Waals surface area contributed by atoms with Crippen molar-refractivity contribution in [3.63, 3.8) is 0 Å². The van der Waals surface area contributed by atoms with E-state index >= 15 is 0 Å². The van der Waals surface area contributed by atoms with Crippen molar-refractivity contribution >= 4 is 11.8 Å². The van der Waals surface area contributed by atoms with E-state index in [0.717, 1.165) is 26.2 Å².